The van der Waals surface area contributed by atoms with Gasteiger partial charge in [-0.3, -0.25) is 9.59 Å². The van der Waals surface area contributed by atoms with Crippen LogP contribution in [0.25, 0.3) is 11.3 Å². The number of ether oxygens (including phenoxy) is 3. The summed E-state index contributed by atoms with van der Waals surface area (Å²) >= 11 is 0. The van der Waals surface area contributed by atoms with Crippen molar-refractivity contribution in [3.05, 3.63) is 65.0 Å². The number of nitrogens with zero attached hydrogens (tertiary/aromatic N) is 2. The Balaban J connectivity index is 1.53. The molecule has 4 rings (SSSR count). The summed E-state index contributed by atoms with van der Waals surface area (Å²) in [6.45, 7) is 5.08. The van der Waals surface area contributed by atoms with E-state index in [1.165, 1.54) is 10.7 Å². The number of carbonyl (C=O) groups is 1. The van der Waals surface area contributed by atoms with E-state index in [0.29, 0.717) is 42.7 Å². The van der Waals surface area contributed by atoms with Crippen molar-refractivity contribution < 1.29 is 19.0 Å². The Hall–Kier alpha value is -3.81. The van der Waals surface area contributed by atoms with E-state index in [9.17, 15) is 9.59 Å². The Morgan fingerprint density at radius 2 is 1.84 bits per heavy atom. The molecule has 8 heteroatoms. The van der Waals surface area contributed by atoms with Crippen LogP contribution in [0.3, 0.4) is 0 Å². The molecule has 0 spiro atoms. The molecule has 1 aromatic heterocycles. The smallest absolute Gasteiger partial charge is 0.267 e. The van der Waals surface area contributed by atoms with Crippen molar-refractivity contribution in [2.45, 2.75) is 19.9 Å². The van der Waals surface area contributed by atoms with Crippen LogP contribution >= 0.6 is 0 Å². The molecule has 0 bridgehead atoms. The molecule has 1 aliphatic rings. The van der Waals surface area contributed by atoms with E-state index in [2.05, 4.69) is 10.4 Å². The second-order valence-electron chi connectivity index (χ2n) is 6.98. The molecule has 1 aliphatic heterocycles. The van der Waals surface area contributed by atoms with Crippen LogP contribution in [0.5, 0.6) is 17.2 Å². The molecule has 0 saturated heterocycles. The standard InChI is InChI=1S/C23H23N3O5/c1-3-29-18-7-4-16(5-8-18)19-9-11-22(27)26(25-19)15(2)23(28)24-17-6-10-20-21(14-17)31-13-12-30-20/h4-11,14-15H,3,12-13H2,1-2H3,(H,24,28). The van der Waals surface area contributed by atoms with Gasteiger partial charge in [-0.2, -0.15) is 5.10 Å². The number of carbonyl (C=O) groups excluding carboxylic acids is 1. The van der Waals surface area contributed by atoms with Crippen LogP contribution in [0.15, 0.2) is 59.4 Å². The molecule has 1 atom stereocenters. The molecule has 0 saturated carbocycles. The quantitative estimate of drug-likeness (QED) is 0.657. The maximum Gasteiger partial charge on any atom is 0.267 e. The number of hydrogen-bond donors (Lipinski definition) is 1. The lowest BCUT2D eigenvalue weighted by molar-refractivity contribution is -0.119. The Bertz CT molecular complexity index is 1140. The average molecular weight is 421 g/mol. The fraction of sp³-hybridized carbons (Fsp3) is 0.261. The Morgan fingerprint density at radius 1 is 1.10 bits per heavy atom. The third-order valence-corrected chi connectivity index (χ3v) is 4.84. The van der Waals surface area contributed by atoms with Crippen LogP contribution in [0, 0.1) is 0 Å². The van der Waals surface area contributed by atoms with E-state index in [1.807, 2.05) is 31.2 Å². The van der Waals surface area contributed by atoms with Gasteiger partial charge in [-0.15, -0.1) is 0 Å². The number of nitrogens with one attached hydrogen (secondary N) is 1. The average Bonchev–Trinajstić information content (AvgIpc) is 2.79. The minimum atomic E-state index is -0.816. The van der Waals surface area contributed by atoms with Gasteiger partial charge in [0.2, 0.25) is 5.91 Å². The van der Waals surface area contributed by atoms with Crippen molar-refractivity contribution >= 4 is 11.6 Å². The van der Waals surface area contributed by atoms with Gasteiger partial charge in [0, 0.05) is 23.4 Å². The van der Waals surface area contributed by atoms with E-state index in [1.54, 1.807) is 31.2 Å². The van der Waals surface area contributed by atoms with Gasteiger partial charge in [-0.1, -0.05) is 0 Å². The monoisotopic (exact) mass is 421 g/mol. The van der Waals surface area contributed by atoms with E-state index >= 15 is 0 Å². The van der Waals surface area contributed by atoms with Gasteiger partial charge in [-0.25, -0.2) is 4.68 Å². The number of aromatic nitrogens is 2. The zero-order valence-electron chi connectivity index (χ0n) is 17.3. The Kier molecular flexibility index (Phi) is 5.88. The molecule has 0 aliphatic carbocycles. The van der Waals surface area contributed by atoms with Gasteiger partial charge in [0.25, 0.3) is 5.56 Å². The van der Waals surface area contributed by atoms with Gasteiger partial charge in [0.05, 0.1) is 12.3 Å². The molecule has 1 unspecified atom stereocenters. The van der Waals surface area contributed by atoms with Crippen LogP contribution in [0.1, 0.15) is 19.9 Å². The molecule has 160 valence electrons. The highest BCUT2D eigenvalue weighted by Gasteiger charge is 2.20. The molecule has 2 heterocycles. The Labute approximate surface area is 179 Å². The zero-order valence-corrected chi connectivity index (χ0v) is 17.3. The number of hydrogen-bond acceptors (Lipinski definition) is 6. The minimum absolute atomic E-state index is 0.362. The summed E-state index contributed by atoms with van der Waals surface area (Å²) in [5.74, 6) is 1.60. The summed E-state index contributed by atoms with van der Waals surface area (Å²) in [4.78, 5) is 25.2. The lowest BCUT2D eigenvalue weighted by atomic mass is 10.1. The van der Waals surface area contributed by atoms with Crippen LogP contribution in [0.2, 0.25) is 0 Å². The van der Waals surface area contributed by atoms with Crippen molar-refractivity contribution in [1.29, 1.82) is 0 Å². The fourth-order valence-corrected chi connectivity index (χ4v) is 3.22. The third kappa shape index (κ3) is 4.53. The number of amides is 1. The van der Waals surface area contributed by atoms with Crippen LogP contribution in [-0.4, -0.2) is 35.5 Å². The summed E-state index contributed by atoms with van der Waals surface area (Å²) in [5.41, 5.74) is 1.59. The molecule has 31 heavy (non-hydrogen) atoms. The first-order valence-corrected chi connectivity index (χ1v) is 10.1. The summed E-state index contributed by atoms with van der Waals surface area (Å²) in [7, 11) is 0. The maximum absolute atomic E-state index is 12.8. The molecule has 3 aromatic rings. The zero-order chi connectivity index (χ0) is 21.8. The molecule has 1 amide bonds. The minimum Gasteiger partial charge on any atom is -0.494 e. The van der Waals surface area contributed by atoms with Crippen molar-refractivity contribution in [3.8, 4) is 28.5 Å². The first-order valence-electron chi connectivity index (χ1n) is 10.1. The van der Waals surface area contributed by atoms with E-state index < -0.39 is 6.04 Å². The van der Waals surface area contributed by atoms with Crippen molar-refractivity contribution in [1.82, 2.24) is 9.78 Å². The molecular formula is C23H23N3O5. The maximum atomic E-state index is 12.8. The van der Waals surface area contributed by atoms with E-state index in [-0.39, 0.29) is 11.5 Å². The van der Waals surface area contributed by atoms with Crippen molar-refractivity contribution in [2.75, 3.05) is 25.1 Å². The second-order valence-corrected chi connectivity index (χ2v) is 6.98. The highest BCUT2D eigenvalue weighted by molar-refractivity contribution is 5.93. The first-order chi connectivity index (χ1) is 15.0. The predicted octanol–water partition coefficient (Wildman–Crippen LogP) is 3.28. The SMILES string of the molecule is CCOc1ccc(-c2ccc(=O)n(C(C)C(=O)Nc3ccc4c(c3)OCCO4)n2)cc1. The third-order valence-electron chi connectivity index (χ3n) is 4.84. The number of rotatable bonds is 6. The van der Waals surface area contributed by atoms with Crippen LogP contribution < -0.4 is 25.1 Å². The topological polar surface area (TPSA) is 91.7 Å². The molecule has 8 nitrogen and oxygen atoms in total. The first kappa shape index (κ1) is 20.5. The molecule has 1 N–H and O–H groups in total. The summed E-state index contributed by atoms with van der Waals surface area (Å²) < 4.78 is 17.7. The molecule has 0 fully saturated rings. The number of anilines is 1. The largest absolute Gasteiger partial charge is 0.494 e. The van der Waals surface area contributed by atoms with Gasteiger partial charge < -0.3 is 19.5 Å². The summed E-state index contributed by atoms with van der Waals surface area (Å²) in [6.07, 6.45) is 0. The predicted molar refractivity (Wildman–Crippen MR) is 116 cm³/mol. The van der Waals surface area contributed by atoms with E-state index in [0.717, 1.165) is 11.3 Å². The highest BCUT2D eigenvalue weighted by atomic mass is 16.6. The summed E-state index contributed by atoms with van der Waals surface area (Å²) in [6, 6.07) is 14.8. The molecule has 2 aromatic carbocycles. The van der Waals surface area contributed by atoms with Crippen molar-refractivity contribution in [2.24, 2.45) is 0 Å². The number of fused-ring (bicyclic) bond motifs is 1. The Morgan fingerprint density at radius 3 is 2.58 bits per heavy atom. The van der Waals surface area contributed by atoms with Gasteiger partial charge in [-0.05, 0) is 56.3 Å². The van der Waals surface area contributed by atoms with E-state index in [4.69, 9.17) is 14.2 Å². The van der Waals surface area contributed by atoms with Gasteiger partial charge >= 0.3 is 0 Å². The van der Waals surface area contributed by atoms with Crippen molar-refractivity contribution in [3.63, 3.8) is 0 Å². The van der Waals surface area contributed by atoms with Crippen LogP contribution in [-0.2, 0) is 4.79 Å². The summed E-state index contributed by atoms with van der Waals surface area (Å²) in [5, 5.41) is 7.22. The lowest BCUT2D eigenvalue weighted by Gasteiger charge is -2.20. The molecular weight excluding hydrogens is 398 g/mol. The lowest BCUT2D eigenvalue weighted by Crippen LogP contribution is -2.33. The highest BCUT2D eigenvalue weighted by Crippen LogP contribution is 2.32. The molecule has 0 radical (unpaired) electrons. The number of benzene rings is 2. The normalized spacial score (nSPS) is 13.4. The second kappa shape index (κ2) is 8.91. The van der Waals surface area contributed by atoms with Gasteiger partial charge in [0.15, 0.2) is 11.5 Å². The fourth-order valence-electron chi connectivity index (χ4n) is 3.22. The van der Waals surface area contributed by atoms with Crippen LogP contribution in [0.4, 0.5) is 5.69 Å². The van der Waals surface area contributed by atoms with Gasteiger partial charge in [0.1, 0.15) is 25.0 Å².